The second kappa shape index (κ2) is 5.48. The predicted octanol–water partition coefficient (Wildman–Crippen LogP) is 3.02. The van der Waals surface area contributed by atoms with Crippen molar-refractivity contribution in [2.24, 2.45) is 0 Å². The summed E-state index contributed by atoms with van der Waals surface area (Å²) in [7, 11) is -2.12. The second-order valence-electron chi connectivity index (χ2n) is 3.68. The predicted molar refractivity (Wildman–Crippen MR) is 78.4 cm³/mol. The van der Waals surface area contributed by atoms with Crippen LogP contribution in [0.15, 0.2) is 33.8 Å². The molecule has 1 heterocycles. The highest BCUT2D eigenvalue weighted by Crippen LogP contribution is 2.28. The Morgan fingerprint density at radius 1 is 1.42 bits per heavy atom. The van der Waals surface area contributed by atoms with Gasteiger partial charge in [0.25, 0.3) is 10.0 Å². The molecule has 0 aliphatic carbocycles. The van der Waals surface area contributed by atoms with Crippen LogP contribution in [0.3, 0.4) is 0 Å². The van der Waals surface area contributed by atoms with Crippen LogP contribution in [-0.4, -0.2) is 20.5 Å². The topological polar surface area (TPSA) is 68.3 Å². The van der Waals surface area contributed by atoms with Crippen LogP contribution in [0.2, 0.25) is 0 Å². The van der Waals surface area contributed by atoms with Gasteiger partial charge in [0.1, 0.15) is 5.75 Å². The molecule has 0 atom stereocenters. The minimum Gasteiger partial charge on any atom is -0.496 e. The molecular weight excluding hydrogens is 352 g/mol. The third-order valence-corrected chi connectivity index (χ3v) is 5.19. The first kappa shape index (κ1) is 14.3. The largest absolute Gasteiger partial charge is 0.496 e. The van der Waals surface area contributed by atoms with Gasteiger partial charge in [-0.15, -0.1) is 11.3 Å². The van der Waals surface area contributed by atoms with Crippen molar-refractivity contribution in [3.8, 4) is 5.75 Å². The summed E-state index contributed by atoms with van der Waals surface area (Å²) in [6, 6.07) is 4.56. The number of methoxy groups -OCH3 is 1. The minimum atomic E-state index is -3.64. The van der Waals surface area contributed by atoms with E-state index in [-0.39, 0.29) is 4.90 Å². The first-order valence-corrected chi connectivity index (χ1v) is 8.30. The van der Waals surface area contributed by atoms with E-state index in [4.69, 9.17) is 4.74 Å². The van der Waals surface area contributed by atoms with Gasteiger partial charge in [-0.1, -0.05) is 0 Å². The van der Waals surface area contributed by atoms with Gasteiger partial charge in [0, 0.05) is 11.1 Å². The number of ether oxygens (including phenoxy) is 1. The maximum atomic E-state index is 12.2. The number of aryl methyl sites for hydroxylation is 1. The smallest absolute Gasteiger partial charge is 0.263 e. The van der Waals surface area contributed by atoms with Crippen molar-refractivity contribution < 1.29 is 13.2 Å². The van der Waals surface area contributed by atoms with E-state index in [2.05, 4.69) is 25.6 Å². The van der Waals surface area contributed by atoms with Gasteiger partial charge in [-0.05, 0) is 41.1 Å². The molecule has 19 heavy (non-hydrogen) atoms. The molecule has 2 rings (SSSR count). The summed E-state index contributed by atoms with van der Waals surface area (Å²) in [6.07, 6.45) is 1.62. The highest BCUT2D eigenvalue weighted by Gasteiger charge is 2.17. The minimum absolute atomic E-state index is 0.146. The molecular formula is C11H11BrN2O3S2. The Balaban J connectivity index is 2.31. The third kappa shape index (κ3) is 3.26. The Labute approximate surface area is 123 Å². The molecule has 0 amide bonds. The lowest BCUT2D eigenvalue weighted by Crippen LogP contribution is -2.12. The zero-order chi connectivity index (χ0) is 14.0. The summed E-state index contributed by atoms with van der Waals surface area (Å²) in [4.78, 5) is 5.06. The molecule has 0 aliphatic heterocycles. The van der Waals surface area contributed by atoms with Gasteiger partial charge in [0.15, 0.2) is 5.13 Å². The van der Waals surface area contributed by atoms with Crippen LogP contribution in [0, 0.1) is 6.92 Å². The molecule has 0 aliphatic rings. The molecule has 5 nitrogen and oxygen atoms in total. The van der Waals surface area contributed by atoms with Crippen molar-refractivity contribution in [3.63, 3.8) is 0 Å². The van der Waals surface area contributed by atoms with E-state index in [9.17, 15) is 8.42 Å². The van der Waals surface area contributed by atoms with Crippen molar-refractivity contribution in [1.29, 1.82) is 0 Å². The number of halogens is 1. The number of nitrogens with zero attached hydrogens (tertiary/aromatic N) is 1. The summed E-state index contributed by atoms with van der Waals surface area (Å²) in [5.41, 5.74) is 0. The van der Waals surface area contributed by atoms with Crippen LogP contribution in [0.4, 0.5) is 5.13 Å². The van der Waals surface area contributed by atoms with Gasteiger partial charge in [-0.3, -0.25) is 4.72 Å². The van der Waals surface area contributed by atoms with Crippen LogP contribution >= 0.6 is 27.3 Å². The number of nitrogens with one attached hydrogen (secondary N) is 1. The molecule has 1 aromatic carbocycles. The van der Waals surface area contributed by atoms with Gasteiger partial charge in [0.05, 0.1) is 16.5 Å². The van der Waals surface area contributed by atoms with Gasteiger partial charge in [0.2, 0.25) is 0 Å². The van der Waals surface area contributed by atoms with Crippen molar-refractivity contribution in [3.05, 3.63) is 33.7 Å². The number of hydrogen-bond donors (Lipinski definition) is 1. The molecule has 2 aromatic rings. The summed E-state index contributed by atoms with van der Waals surface area (Å²) >= 11 is 4.54. The Kier molecular flexibility index (Phi) is 4.12. The number of hydrogen-bond acceptors (Lipinski definition) is 5. The highest BCUT2D eigenvalue weighted by molar-refractivity contribution is 9.10. The van der Waals surface area contributed by atoms with Gasteiger partial charge >= 0.3 is 0 Å². The van der Waals surface area contributed by atoms with E-state index in [1.807, 2.05) is 6.92 Å². The monoisotopic (exact) mass is 362 g/mol. The molecule has 8 heteroatoms. The Morgan fingerprint density at radius 2 is 2.16 bits per heavy atom. The summed E-state index contributed by atoms with van der Waals surface area (Å²) in [5.74, 6) is 0.573. The Bertz CT molecular complexity index is 698. The molecule has 0 radical (unpaired) electrons. The fourth-order valence-corrected chi connectivity index (χ4v) is 4.01. The number of benzene rings is 1. The lowest BCUT2D eigenvalue weighted by Gasteiger charge is -2.08. The van der Waals surface area contributed by atoms with Gasteiger partial charge < -0.3 is 4.74 Å². The van der Waals surface area contributed by atoms with Crippen molar-refractivity contribution >= 4 is 42.4 Å². The third-order valence-electron chi connectivity index (χ3n) is 2.28. The number of aromatic nitrogens is 1. The average molecular weight is 363 g/mol. The number of sulfonamides is 1. The molecule has 0 saturated heterocycles. The van der Waals surface area contributed by atoms with E-state index in [0.717, 1.165) is 4.88 Å². The first-order valence-electron chi connectivity index (χ1n) is 5.21. The molecule has 0 unspecified atom stereocenters. The van der Waals surface area contributed by atoms with E-state index in [1.54, 1.807) is 12.3 Å². The zero-order valence-corrected chi connectivity index (χ0v) is 13.4. The molecule has 0 spiro atoms. The summed E-state index contributed by atoms with van der Waals surface area (Å²) in [6.45, 7) is 1.86. The second-order valence-corrected chi connectivity index (χ2v) is 7.45. The van der Waals surface area contributed by atoms with Crippen LogP contribution in [0.1, 0.15) is 4.88 Å². The van der Waals surface area contributed by atoms with Gasteiger partial charge in [-0.25, -0.2) is 13.4 Å². The summed E-state index contributed by atoms with van der Waals surface area (Å²) in [5, 5.41) is 0.351. The fraction of sp³-hybridized carbons (Fsp3) is 0.182. The van der Waals surface area contributed by atoms with Crippen LogP contribution in [0.5, 0.6) is 5.75 Å². The lowest BCUT2D eigenvalue weighted by molar-refractivity contribution is 0.411. The normalized spacial score (nSPS) is 11.3. The quantitative estimate of drug-likeness (QED) is 0.907. The number of thiazole rings is 1. The van der Waals surface area contributed by atoms with Crippen molar-refractivity contribution in [2.75, 3.05) is 11.8 Å². The molecule has 0 bridgehead atoms. The Morgan fingerprint density at radius 3 is 2.68 bits per heavy atom. The number of anilines is 1. The number of rotatable bonds is 4. The van der Waals surface area contributed by atoms with E-state index in [1.165, 1.54) is 30.6 Å². The van der Waals surface area contributed by atoms with E-state index < -0.39 is 10.0 Å². The van der Waals surface area contributed by atoms with Crippen LogP contribution in [0.25, 0.3) is 0 Å². The van der Waals surface area contributed by atoms with Crippen molar-refractivity contribution in [1.82, 2.24) is 4.98 Å². The van der Waals surface area contributed by atoms with E-state index >= 15 is 0 Å². The average Bonchev–Trinajstić information content (AvgIpc) is 2.73. The van der Waals surface area contributed by atoms with Crippen LogP contribution < -0.4 is 9.46 Å². The standard InChI is InChI=1S/C11H11BrN2O3S2/c1-7-6-13-11(18-7)14-19(15,16)8-3-4-10(17-2)9(12)5-8/h3-6H,1-2H3,(H,13,14). The Hall–Kier alpha value is -1.12. The fourth-order valence-electron chi connectivity index (χ4n) is 1.39. The first-order chi connectivity index (χ1) is 8.92. The van der Waals surface area contributed by atoms with Crippen molar-refractivity contribution in [2.45, 2.75) is 11.8 Å². The molecule has 102 valence electrons. The maximum Gasteiger partial charge on any atom is 0.263 e. The van der Waals surface area contributed by atoms with Gasteiger partial charge in [-0.2, -0.15) is 0 Å². The zero-order valence-electron chi connectivity index (χ0n) is 10.2. The van der Waals surface area contributed by atoms with E-state index in [0.29, 0.717) is 15.4 Å². The molecule has 1 aromatic heterocycles. The van der Waals surface area contributed by atoms with Crippen LogP contribution in [-0.2, 0) is 10.0 Å². The lowest BCUT2D eigenvalue weighted by atomic mass is 10.3. The maximum absolute atomic E-state index is 12.2. The SMILES string of the molecule is COc1ccc(S(=O)(=O)Nc2ncc(C)s2)cc1Br. The highest BCUT2D eigenvalue weighted by atomic mass is 79.9. The molecule has 0 fully saturated rings. The molecule has 0 saturated carbocycles. The summed E-state index contributed by atoms with van der Waals surface area (Å²) < 4.78 is 32.4. The molecule has 1 N–H and O–H groups in total.